The molecule has 2 fully saturated rings. The van der Waals surface area contributed by atoms with Crippen molar-refractivity contribution >= 4 is 5.91 Å². The number of ether oxygens (including phenoxy) is 1. The van der Waals surface area contributed by atoms with E-state index in [0.717, 1.165) is 12.8 Å². The molecular weight excluding hydrogens is 204 g/mol. The number of amides is 1. The van der Waals surface area contributed by atoms with Gasteiger partial charge in [0.05, 0.1) is 6.61 Å². The zero-order valence-electron chi connectivity index (χ0n) is 10.2. The van der Waals surface area contributed by atoms with Crippen molar-refractivity contribution in [2.45, 2.75) is 51.1 Å². The lowest BCUT2D eigenvalue weighted by atomic mass is 9.91. The molecule has 0 aromatic heterocycles. The molecule has 4 nitrogen and oxygen atoms in total. The van der Waals surface area contributed by atoms with Gasteiger partial charge in [-0.3, -0.25) is 4.79 Å². The summed E-state index contributed by atoms with van der Waals surface area (Å²) >= 11 is 0. The summed E-state index contributed by atoms with van der Waals surface area (Å²) in [5.41, 5.74) is 5.58. The second-order valence-corrected chi connectivity index (χ2v) is 6.04. The van der Waals surface area contributed by atoms with Crippen molar-refractivity contribution in [3.63, 3.8) is 0 Å². The third kappa shape index (κ3) is 2.38. The Labute approximate surface area is 96.9 Å². The molecule has 3 N–H and O–H groups in total. The van der Waals surface area contributed by atoms with E-state index in [4.69, 9.17) is 10.5 Å². The van der Waals surface area contributed by atoms with Gasteiger partial charge < -0.3 is 15.8 Å². The van der Waals surface area contributed by atoms with Crippen molar-refractivity contribution in [3.05, 3.63) is 0 Å². The SMILES string of the molecule is CC1(C)CCC(NC(=O)C2(N)CCOC2)C1. The van der Waals surface area contributed by atoms with Gasteiger partial charge >= 0.3 is 0 Å². The Balaban J connectivity index is 1.88. The van der Waals surface area contributed by atoms with E-state index in [0.29, 0.717) is 31.1 Å². The minimum absolute atomic E-state index is 0.0345. The first kappa shape index (κ1) is 11.9. The van der Waals surface area contributed by atoms with Gasteiger partial charge in [0, 0.05) is 12.6 Å². The van der Waals surface area contributed by atoms with Gasteiger partial charge in [-0.2, -0.15) is 0 Å². The van der Waals surface area contributed by atoms with Crippen LogP contribution in [0.4, 0.5) is 0 Å². The standard InChI is InChI=1S/C12H22N2O2/c1-11(2)4-3-9(7-11)14-10(15)12(13)5-6-16-8-12/h9H,3-8,13H2,1-2H3,(H,14,15). The first-order chi connectivity index (χ1) is 7.41. The van der Waals surface area contributed by atoms with E-state index in [-0.39, 0.29) is 5.91 Å². The number of rotatable bonds is 2. The molecule has 0 spiro atoms. The number of hydrogen-bond donors (Lipinski definition) is 2. The molecule has 92 valence electrons. The molecule has 1 heterocycles. The van der Waals surface area contributed by atoms with Crippen LogP contribution in [0.3, 0.4) is 0 Å². The average molecular weight is 226 g/mol. The maximum absolute atomic E-state index is 12.0. The summed E-state index contributed by atoms with van der Waals surface area (Å²) in [6, 6.07) is 0.295. The first-order valence-electron chi connectivity index (χ1n) is 6.09. The van der Waals surface area contributed by atoms with Crippen LogP contribution in [-0.4, -0.2) is 30.7 Å². The molecule has 4 heteroatoms. The Morgan fingerprint density at radius 2 is 2.19 bits per heavy atom. The molecule has 1 saturated carbocycles. The molecule has 2 atom stereocenters. The largest absolute Gasteiger partial charge is 0.379 e. The van der Waals surface area contributed by atoms with Crippen molar-refractivity contribution < 1.29 is 9.53 Å². The topological polar surface area (TPSA) is 64.4 Å². The van der Waals surface area contributed by atoms with Gasteiger partial charge in [-0.25, -0.2) is 0 Å². The second kappa shape index (κ2) is 4.00. The Morgan fingerprint density at radius 1 is 1.44 bits per heavy atom. The molecule has 1 aliphatic carbocycles. The highest BCUT2D eigenvalue weighted by Crippen LogP contribution is 2.37. The average Bonchev–Trinajstić information content (AvgIpc) is 2.74. The molecule has 0 bridgehead atoms. The summed E-state index contributed by atoms with van der Waals surface area (Å²) in [5, 5.41) is 3.07. The van der Waals surface area contributed by atoms with E-state index in [9.17, 15) is 4.79 Å². The highest BCUT2D eigenvalue weighted by Gasteiger charge is 2.40. The molecular formula is C12H22N2O2. The van der Waals surface area contributed by atoms with Crippen LogP contribution in [0.5, 0.6) is 0 Å². The zero-order chi connectivity index (χ0) is 11.8. The lowest BCUT2D eigenvalue weighted by Gasteiger charge is -2.24. The number of nitrogens with one attached hydrogen (secondary N) is 1. The summed E-state index contributed by atoms with van der Waals surface area (Å²) in [6.45, 7) is 5.45. The minimum atomic E-state index is -0.785. The van der Waals surface area contributed by atoms with Crippen molar-refractivity contribution in [2.24, 2.45) is 11.1 Å². The summed E-state index contributed by atoms with van der Waals surface area (Å²) in [7, 11) is 0. The molecule has 1 saturated heterocycles. The lowest BCUT2D eigenvalue weighted by Crippen LogP contribution is -2.56. The molecule has 0 radical (unpaired) electrons. The molecule has 0 aromatic carbocycles. The Morgan fingerprint density at radius 3 is 2.69 bits per heavy atom. The monoisotopic (exact) mass is 226 g/mol. The van der Waals surface area contributed by atoms with Gasteiger partial charge in [-0.15, -0.1) is 0 Å². The predicted molar refractivity (Wildman–Crippen MR) is 61.9 cm³/mol. The van der Waals surface area contributed by atoms with Crippen LogP contribution in [0.1, 0.15) is 39.5 Å². The zero-order valence-corrected chi connectivity index (χ0v) is 10.2. The van der Waals surface area contributed by atoms with Crippen LogP contribution in [0.25, 0.3) is 0 Å². The fraction of sp³-hybridized carbons (Fsp3) is 0.917. The van der Waals surface area contributed by atoms with Crippen molar-refractivity contribution in [2.75, 3.05) is 13.2 Å². The van der Waals surface area contributed by atoms with Gasteiger partial charge in [0.2, 0.25) is 5.91 Å². The molecule has 1 aliphatic heterocycles. The predicted octanol–water partition coefficient (Wildman–Crippen LogP) is 0.799. The van der Waals surface area contributed by atoms with E-state index in [2.05, 4.69) is 19.2 Å². The normalized spacial score (nSPS) is 37.6. The highest BCUT2D eigenvalue weighted by atomic mass is 16.5. The van der Waals surface area contributed by atoms with Crippen LogP contribution in [0, 0.1) is 5.41 Å². The minimum Gasteiger partial charge on any atom is -0.379 e. The molecule has 2 aliphatic rings. The van der Waals surface area contributed by atoms with Crippen LogP contribution in [0.15, 0.2) is 0 Å². The van der Waals surface area contributed by atoms with E-state index < -0.39 is 5.54 Å². The van der Waals surface area contributed by atoms with E-state index in [1.807, 2.05) is 0 Å². The summed E-state index contributed by atoms with van der Waals surface area (Å²) in [4.78, 5) is 12.0. The molecule has 2 unspecified atom stereocenters. The molecule has 1 amide bonds. The van der Waals surface area contributed by atoms with Crippen molar-refractivity contribution in [3.8, 4) is 0 Å². The smallest absolute Gasteiger partial charge is 0.242 e. The van der Waals surface area contributed by atoms with Crippen molar-refractivity contribution in [1.82, 2.24) is 5.32 Å². The Hall–Kier alpha value is -0.610. The molecule has 16 heavy (non-hydrogen) atoms. The van der Waals surface area contributed by atoms with Gasteiger partial charge in [0.15, 0.2) is 0 Å². The highest BCUT2D eigenvalue weighted by molar-refractivity contribution is 5.86. The second-order valence-electron chi connectivity index (χ2n) is 6.04. The quantitative estimate of drug-likeness (QED) is 0.732. The van der Waals surface area contributed by atoms with Gasteiger partial charge in [-0.1, -0.05) is 13.8 Å². The lowest BCUT2D eigenvalue weighted by molar-refractivity contribution is -0.127. The molecule has 0 aromatic rings. The summed E-state index contributed by atoms with van der Waals surface area (Å²) in [5.74, 6) is -0.0345. The maximum atomic E-state index is 12.0. The molecule has 2 rings (SSSR count). The van der Waals surface area contributed by atoms with Gasteiger partial charge in [-0.05, 0) is 31.1 Å². The Kier molecular flexibility index (Phi) is 2.97. The Bertz CT molecular complexity index is 283. The van der Waals surface area contributed by atoms with E-state index in [1.165, 1.54) is 6.42 Å². The number of nitrogens with two attached hydrogens (primary N) is 1. The summed E-state index contributed by atoms with van der Waals surface area (Å²) in [6.07, 6.45) is 3.92. The number of hydrogen-bond acceptors (Lipinski definition) is 3. The van der Waals surface area contributed by atoms with E-state index >= 15 is 0 Å². The third-order valence-electron chi connectivity index (χ3n) is 3.81. The van der Waals surface area contributed by atoms with Crippen LogP contribution in [0.2, 0.25) is 0 Å². The number of carbonyl (C=O) groups excluding carboxylic acids is 1. The fourth-order valence-corrected chi connectivity index (χ4v) is 2.65. The van der Waals surface area contributed by atoms with Crippen LogP contribution >= 0.6 is 0 Å². The number of carbonyl (C=O) groups is 1. The van der Waals surface area contributed by atoms with Crippen LogP contribution < -0.4 is 11.1 Å². The van der Waals surface area contributed by atoms with Crippen molar-refractivity contribution in [1.29, 1.82) is 0 Å². The van der Waals surface area contributed by atoms with Crippen LogP contribution in [-0.2, 0) is 9.53 Å². The first-order valence-corrected chi connectivity index (χ1v) is 6.09. The fourth-order valence-electron chi connectivity index (χ4n) is 2.65. The van der Waals surface area contributed by atoms with Gasteiger partial charge in [0.1, 0.15) is 5.54 Å². The van der Waals surface area contributed by atoms with E-state index in [1.54, 1.807) is 0 Å². The summed E-state index contributed by atoms with van der Waals surface area (Å²) < 4.78 is 5.20. The maximum Gasteiger partial charge on any atom is 0.242 e. The third-order valence-corrected chi connectivity index (χ3v) is 3.81. The van der Waals surface area contributed by atoms with Gasteiger partial charge in [0.25, 0.3) is 0 Å².